The van der Waals surface area contributed by atoms with Crippen LogP contribution in [0, 0.1) is 6.92 Å². The van der Waals surface area contributed by atoms with Gasteiger partial charge in [0, 0.05) is 17.8 Å². The van der Waals surface area contributed by atoms with E-state index in [0.29, 0.717) is 41.5 Å². The molecule has 3 aromatic carbocycles. The monoisotopic (exact) mass is 547 g/mol. The van der Waals surface area contributed by atoms with Crippen LogP contribution in [-0.2, 0) is 34.4 Å². The molecule has 1 atom stereocenters. The lowest BCUT2D eigenvalue weighted by Gasteiger charge is -2.31. The van der Waals surface area contributed by atoms with Gasteiger partial charge in [0.05, 0.1) is 0 Å². The van der Waals surface area contributed by atoms with Crippen molar-refractivity contribution in [2.24, 2.45) is 0 Å². The van der Waals surface area contributed by atoms with E-state index in [1.807, 2.05) is 61.5 Å². The van der Waals surface area contributed by atoms with Crippen LogP contribution in [-0.4, -0.2) is 40.7 Å². The highest BCUT2D eigenvalue weighted by atomic mass is 32.2. The van der Waals surface area contributed by atoms with Gasteiger partial charge in [-0.05, 0) is 61.2 Å². The fourth-order valence-corrected chi connectivity index (χ4v) is 6.18. The molecule has 1 aliphatic rings. The first-order valence-electron chi connectivity index (χ1n) is 12.6. The molecule has 1 unspecified atom stereocenters. The van der Waals surface area contributed by atoms with Gasteiger partial charge in [0.2, 0.25) is 15.9 Å². The highest BCUT2D eigenvalue weighted by molar-refractivity contribution is 7.89. The maximum Gasteiger partial charge on any atom is 0.318 e. The number of carboxylic acids is 1. The molecule has 0 bridgehead atoms. The third kappa shape index (κ3) is 6.13. The lowest BCUT2D eigenvalue weighted by atomic mass is 10.0. The number of rotatable bonds is 10. The number of ether oxygens (including phenoxy) is 1. The molecule has 0 radical (unpaired) electrons. The Morgan fingerprint density at radius 1 is 1.08 bits per heavy atom. The van der Waals surface area contributed by atoms with Crippen molar-refractivity contribution in [2.45, 2.75) is 38.3 Å². The van der Waals surface area contributed by atoms with Gasteiger partial charge in [0.25, 0.3) is 0 Å². The van der Waals surface area contributed by atoms with Gasteiger partial charge in [-0.15, -0.1) is 0 Å². The minimum absolute atomic E-state index is 0.0719. The van der Waals surface area contributed by atoms with Crippen LogP contribution >= 0.6 is 0 Å². The quantitative estimate of drug-likeness (QED) is 0.290. The average Bonchev–Trinajstić information content (AvgIpc) is 3.32. The lowest BCUT2D eigenvalue weighted by molar-refractivity contribution is -0.137. The van der Waals surface area contributed by atoms with Crippen LogP contribution in [0.2, 0.25) is 0 Å². The molecule has 39 heavy (non-hydrogen) atoms. The molecule has 9 nitrogen and oxygen atoms in total. The number of hydrogen-bond acceptors (Lipinski definition) is 7. The molecule has 5 rings (SSSR count). The van der Waals surface area contributed by atoms with Crippen LogP contribution in [0.15, 0.2) is 83.3 Å². The summed E-state index contributed by atoms with van der Waals surface area (Å²) in [7, 11) is -3.95. The average molecular weight is 548 g/mol. The number of hydrogen-bond donors (Lipinski definition) is 2. The summed E-state index contributed by atoms with van der Waals surface area (Å²) in [6.07, 6.45) is 0.952. The van der Waals surface area contributed by atoms with E-state index in [0.717, 1.165) is 21.1 Å². The number of carboxylic acid groups (broad SMARTS) is 1. The molecular weight excluding hydrogens is 518 g/mol. The molecular formula is C29H29N3O6S. The Hall–Kier alpha value is -4.15. The highest BCUT2D eigenvalue weighted by Gasteiger charge is 2.35. The highest BCUT2D eigenvalue weighted by Crippen LogP contribution is 2.29. The predicted octanol–water partition coefficient (Wildman–Crippen LogP) is 4.83. The number of aryl methyl sites for hydroxylation is 2. The molecule has 1 aliphatic heterocycles. The van der Waals surface area contributed by atoms with Gasteiger partial charge in [-0.3, -0.25) is 4.79 Å². The first-order chi connectivity index (χ1) is 18.8. The number of nitrogens with one attached hydrogen (secondary N) is 1. The topological polar surface area (TPSA) is 122 Å². The maximum atomic E-state index is 13.5. The van der Waals surface area contributed by atoms with Gasteiger partial charge >= 0.3 is 5.97 Å². The summed E-state index contributed by atoms with van der Waals surface area (Å²) < 4.78 is 39.6. The summed E-state index contributed by atoms with van der Waals surface area (Å²) in [6, 6.07) is 24.1. The Bertz CT molecular complexity index is 1550. The van der Waals surface area contributed by atoms with Gasteiger partial charge in [-0.2, -0.15) is 4.31 Å². The number of benzene rings is 3. The number of sulfonamides is 1. The lowest BCUT2D eigenvalue weighted by Crippen LogP contribution is -2.45. The number of para-hydroxylation sites is 1. The molecule has 0 aliphatic carbocycles. The van der Waals surface area contributed by atoms with E-state index in [9.17, 15) is 18.3 Å². The van der Waals surface area contributed by atoms with E-state index in [1.54, 1.807) is 24.3 Å². The van der Waals surface area contributed by atoms with Gasteiger partial charge < -0.3 is 19.6 Å². The van der Waals surface area contributed by atoms with Crippen LogP contribution < -0.4 is 10.1 Å². The van der Waals surface area contributed by atoms with Gasteiger partial charge in [-0.1, -0.05) is 48.5 Å². The first kappa shape index (κ1) is 26.5. The smallest absolute Gasteiger partial charge is 0.318 e. The van der Waals surface area contributed by atoms with E-state index >= 15 is 0 Å². The Balaban J connectivity index is 1.25. The van der Waals surface area contributed by atoms with Crippen LogP contribution in [0.3, 0.4) is 0 Å². The first-order valence-corrected chi connectivity index (χ1v) is 14.1. The zero-order valence-corrected chi connectivity index (χ0v) is 22.2. The molecule has 0 amide bonds. The maximum absolute atomic E-state index is 13.5. The number of aliphatic carboxylic acids is 1. The number of oxazole rings is 1. The van der Waals surface area contributed by atoms with Gasteiger partial charge in [0.15, 0.2) is 0 Å². The predicted molar refractivity (Wildman–Crippen MR) is 147 cm³/mol. The zero-order chi connectivity index (χ0) is 27.4. The van der Waals surface area contributed by atoms with Gasteiger partial charge in [0.1, 0.15) is 35.7 Å². The molecule has 4 aromatic rings. The second-order valence-electron chi connectivity index (χ2n) is 9.36. The molecule has 2 heterocycles. The summed E-state index contributed by atoms with van der Waals surface area (Å²) in [6.45, 7) is 1.33. The summed E-state index contributed by atoms with van der Waals surface area (Å²) >= 11 is 0. The minimum atomic E-state index is -3.95. The van der Waals surface area contributed by atoms with Crippen molar-refractivity contribution in [2.75, 3.05) is 11.9 Å². The number of anilines is 1. The summed E-state index contributed by atoms with van der Waals surface area (Å²) in [5.74, 6) is 0.546. The fraction of sp³-hybridized carbons (Fsp3) is 0.241. The molecule has 0 saturated heterocycles. The molecule has 10 heteroatoms. The summed E-state index contributed by atoms with van der Waals surface area (Å²) in [5.41, 5.74) is 4.00. The van der Waals surface area contributed by atoms with Crippen molar-refractivity contribution in [1.82, 2.24) is 9.29 Å². The van der Waals surface area contributed by atoms with Crippen molar-refractivity contribution < 1.29 is 27.5 Å². The molecule has 1 aromatic heterocycles. The number of nitrogens with zero attached hydrogens (tertiary/aromatic N) is 2. The van der Waals surface area contributed by atoms with Crippen molar-refractivity contribution in [3.8, 4) is 17.2 Å². The van der Waals surface area contributed by atoms with E-state index in [1.165, 1.54) is 0 Å². The number of carbonyl (C=O) groups is 1. The molecule has 2 N–H and O–H groups in total. The van der Waals surface area contributed by atoms with Crippen LogP contribution in [0.1, 0.15) is 29.0 Å². The molecule has 0 fully saturated rings. The second-order valence-corrected chi connectivity index (χ2v) is 11.5. The molecule has 202 valence electrons. The van der Waals surface area contributed by atoms with E-state index in [-0.39, 0.29) is 13.2 Å². The third-order valence-corrected chi connectivity index (χ3v) is 8.66. The standard InChI is InChI=1S/C29H29N3O6S/c1-20-26(31-29(38-20)23-8-3-2-4-9-23)19-37-24-14-11-21(12-15-24)17-32(18-28(33)34)39(35,36)27-16-13-22-7-5-6-10-25(22)30-27/h2-12,14-15,27,30H,13,16-19H2,1H3,(H,33,34). The van der Waals surface area contributed by atoms with Crippen molar-refractivity contribution in [3.63, 3.8) is 0 Å². The normalized spacial score (nSPS) is 15.0. The largest absolute Gasteiger partial charge is 0.487 e. The SMILES string of the molecule is Cc1oc(-c2ccccc2)nc1COc1ccc(CN(CC(=O)O)S(=O)(=O)C2CCc3ccccc3N2)cc1. The van der Waals surface area contributed by atoms with Crippen molar-refractivity contribution in [1.29, 1.82) is 0 Å². The van der Waals surface area contributed by atoms with Crippen molar-refractivity contribution in [3.05, 3.63) is 101 Å². The van der Waals surface area contributed by atoms with E-state index in [2.05, 4.69) is 10.3 Å². The molecule has 0 spiro atoms. The minimum Gasteiger partial charge on any atom is -0.487 e. The Morgan fingerprint density at radius 3 is 2.54 bits per heavy atom. The van der Waals surface area contributed by atoms with E-state index < -0.39 is 27.9 Å². The van der Waals surface area contributed by atoms with Crippen molar-refractivity contribution >= 4 is 21.7 Å². The fourth-order valence-electron chi connectivity index (χ4n) is 4.51. The van der Waals surface area contributed by atoms with E-state index in [4.69, 9.17) is 9.15 Å². The number of fused-ring (bicyclic) bond motifs is 1. The molecule has 0 saturated carbocycles. The van der Waals surface area contributed by atoms with Crippen LogP contribution in [0.5, 0.6) is 5.75 Å². The Kier molecular flexibility index (Phi) is 7.67. The van der Waals surface area contributed by atoms with Gasteiger partial charge in [-0.25, -0.2) is 13.4 Å². The zero-order valence-electron chi connectivity index (χ0n) is 21.4. The van der Waals surface area contributed by atoms with Crippen LogP contribution in [0.4, 0.5) is 5.69 Å². The Morgan fingerprint density at radius 2 is 1.79 bits per heavy atom. The van der Waals surface area contributed by atoms with Crippen LogP contribution in [0.25, 0.3) is 11.5 Å². The number of aromatic nitrogens is 1. The summed E-state index contributed by atoms with van der Waals surface area (Å²) in [4.78, 5) is 16.1. The third-order valence-electron chi connectivity index (χ3n) is 6.61. The second kappa shape index (κ2) is 11.3. The Labute approximate surface area is 227 Å². The summed E-state index contributed by atoms with van der Waals surface area (Å²) in [5, 5.41) is 11.6.